The lowest BCUT2D eigenvalue weighted by Crippen LogP contribution is -2.49. The highest BCUT2D eigenvalue weighted by Crippen LogP contribution is 2.40. The molecule has 1 saturated heterocycles. The zero-order valence-corrected chi connectivity index (χ0v) is 17.3. The van der Waals surface area contributed by atoms with Gasteiger partial charge >= 0.3 is 5.69 Å². The lowest BCUT2D eigenvalue weighted by atomic mass is 9.99. The highest BCUT2D eigenvalue weighted by Gasteiger charge is 2.50. The number of aliphatic hydroxyl groups excluding tert-OH is 1. The number of H-pyrrole nitrogens is 1. The minimum absolute atomic E-state index is 0.0152. The Balaban J connectivity index is 2.28. The minimum Gasteiger partial charge on any atom is -0.413 e. The molecule has 3 atom stereocenters. The highest BCUT2D eigenvalue weighted by atomic mass is 28.4. The molecule has 2 rings (SSSR count). The van der Waals surface area contributed by atoms with Crippen molar-refractivity contribution in [2.75, 3.05) is 6.61 Å². The van der Waals surface area contributed by atoms with Crippen molar-refractivity contribution in [1.82, 2.24) is 9.55 Å². The smallest absolute Gasteiger partial charge is 0.330 e. The quantitative estimate of drug-likeness (QED) is 0.610. The molecule has 1 aliphatic heterocycles. The largest absolute Gasteiger partial charge is 0.413 e. The molecule has 0 aliphatic carbocycles. The molecule has 1 aromatic rings. The summed E-state index contributed by atoms with van der Waals surface area (Å²) in [5.41, 5.74) is -2.01. The van der Waals surface area contributed by atoms with Gasteiger partial charge in [-0.2, -0.15) is 0 Å². The van der Waals surface area contributed by atoms with Gasteiger partial charge in [-0.05, 0) is 25.1 Å². The van der Waals surface area contributed by atoms with E-state index in [9.17, 15) is 14.7 Å². The van der Waals surface area contributed by atoms with E-state index in [2.05, 4.69) is 44.8 Å². The van der Waals surface area contributed by atoms with Crippen molar-refractivity contribution >= 4 is 8.32 Å². The third-order valence-electron chi connectivity index (χ3n) is 5.46. The van der Waals surface area contributed by atoms with Gasteiger partial charge in [0, 0.05) is 18.2 Å². The number of aliphatic hydroxyl groups is 1. The third-order valence-corrected chi connectivity index (χ3v) is 9.94. The van der Waals surface area contributed by atoms with Crippen LogP contribution in [0, 0.1) is 19.3 Å². The maximum absolute atomic E-state index is 12.1. The monoisotopic (exact) mass is 380 g/mol. The van der Waals surface area contributed by atoms with Gasteiger partial charge in [-0.15, -0.1) is 6.42 Å². The molecule has 0 bridgehead atoms. The molecule has 2 N–H and O–H groups in total. The van der Waals surface area contributed by atoms with Crippen LogP contribution in [0.1, 0.15) is 39.0 Å². The van der Waals surface area contributed by atoms with E-state index in [0.29, 0.717) is 5.56 Å². The number of aromatic amines is 1. The fraction of sp³-hybridized carbons (Fsp3) is 0.667. The molecule has 26 heavy (non-hydrogen) atoms. The van der Waals surface area contributed by atoms with Crippen LogP contribution in [0.3, 0.4) is 0 Å². The molecule has 1 aliphatic rings. The summed E-state index contributed by atoms with van der Waals surface area (Å²) >= 11 is 0. The summed E-state index contributed by atoms with van der Waals surface area (Å²) in [6, 6.07) is 0. The van der Waals surface area contributed by atoms with E-state index < -0.39 is 37.5 Å². The number of hydrogen-bond acceptors (Lipinski definition) is 5. The minimum atomic E-state index is -2.10. The normalized spacial score (nSPS) is 26.7. The van der Waals surface area contributed by atoms with Crippen LogP contribution < -0.4 is 11.2 Å². The van der Waals surface area contributed by atoms with Crippen molar-refractivity contribution in [2.24, 2.45) is 0 Å². The molecular formula is C18H28N2O5Si. The molecule has 0 amide bonds. The fourth-order valence-electron chi connectivity index (χ4n) is 2.53. The first-order valence-corrected chi connectivity index (χ1v) is 11.5. The number of ether oxygens (including phenoxy) is 1. The second-order valence-corrected chi connectivity index (χ2v) is 13.2. The van der Waals surface area contributed by atoms with Gasteiger partial charge in [0.05, 0.1) is 6.61 Å². The fourth-order valence-corrected chi connectivity index (χ4v) is 3.54. The van der Waals surface area contributed by atoms with Crippen LogP contribution in [0.15, 0.2) is 15.8 Å². The summed E-state index contributed by atoms with van der Waals surface area (Å²) < 4.78 is 13.4. The zero-order valence-electron chi connectivity index (χ0n) is 16.3. The number of nitrogens with one attached hydrogen (secondary N) is 1. The molecule has 0 saturated carbocycles. The van der Waals surface area contributed by atoms with Gasteiger partial charge in [-0.1, -0.05) is 26.7 Å². The van der Waals surface area contributed by atoms with Crippen LogP contribution in [-0.2, 0) is 9.16 Å². The van der Waals surface area contributed by atoms with Crippen molar-refractivity contribution in [3.8, 4) is 12.3 Å². The molecular weight excluding hydrogens is 352 g/mol. The highest BCUT2D eigenvalue weighted by molar-refractivity contribution is 6.74. The Morgan fingerprint density at radius 2 is 2.12 bits per heavy atom. The van der Waals surface area contributed by atoms with Crippen molar-refractivity contribution in [3.63, 3.8) is 0 Å². The Morgan fingerprint density at radius 3 is 2.65 bits per heavy atom. The van der Waals surface area contributed by atoms with Crippen LogP contribution in [-0.4, -0.2) is 41.3 Å². The van der Waals surface area contributed by atoms with Gasteiger partial charge in [-0.25, -0.2) is 4.79 Å². The number of aromatic nitrogens is 2. The number of nitrogens with zero attached hydrogens (tertiary/aromatic N) is 1. The van der Waals surface area contributed by atoms with E-state index in [1.807, 2.05) is 0 Å². The first-order valence-electron chi connectivity index (χ1n) is 8.63. The van der Waals surface area contributed by atoms with Crippen LogP contribution >= 0.6 is 0 Å². The summed E-state index contributed by atoms with van der Waals surface area (Å²) in [5, 5.41) is 10.6. The molecule has 0 unspecified atom stereocenters. The molecule has 7 nitrogen and oxygen atoms in total. The van der Waals surface area contributed by atoms with Gasteiger partial charge in [0.2, 0.25) is 0 Å². The maximum Gasteiger partial charge on any atom is 0.330 e. The van der Waals surface area contributed by atoms with Crippen molar-refractivity contribution in [2.45, 2.75) is 70.2 Å². The zero-order chi connectivity index (χ0) is 19.9. The Morgan fingerprint density at radius 1 is 1.50 bits per heavy atom. The van der Waals surface area contributed by atoms with Gasteiger partial charge in [0.15, 0.2) is 13.9 Å². The number of hydrogen-bond donors (Lipinski definition) is 2. The second kappa shape index (κ2) is 6.81. The lowest BCUT2D eigenvalue weighted by Gasteiger charge is -2.39. The lowest BCUT2D eigenvalue weighted by molar-refractivity contribution is -0.0885. The predicted molar refractivity (Wildman–Crippen MR) is 102 cm³/mol. The van der Waals surface area contributed by atoms with E-state index in [4.69, 9.17) is 15.6 Å². The summed E-state index contributed by atoms with van der Waals surface area (Å²) in [6.07, 6.45) is 5.48. The number of aryl methyl sites for hydroxylation is 1. The van der Waals surface area contributed by atoms with Gasteiger partial charge in [0.25, 0.3) is 5.56 Å². The molecule has 1 fully saturated rings. The maximum atomic E-state index is 12.1. The van der Waals surface area contributed by atoms with Gasteiger partial charge in [0.1, 0.15) is 12.3 Å². The van der Waals surface area contributed by atoms with Crippen molar-refractivity contribution < 1.29 is 14.3 Å². The van der Waals surface area contributed by atoms with Crippen LogP contribution in [0.5, 0.6) is 0 Å². The van der Waals surface area contributed by atoms with E-state index in [0.717, 1.165) is 0 Å². The van der Waals surface area contributed by atoms with Gasteiger partial charge in [-0.3, -0.25) is 14.3 Å². The Bertz CT molecular complexity index is 830. The molecule has 144 valence electrons. The average molecular weight is 381 g/mol. The Labute approximate surface area is 154 Å². The van der Waals surface area contributed by atoms with Crippen LogP contribution in [0.2, 0.25) is 18.1 Å². The molecule has 1 aromatic heterocycles. The van der Waals surface area contributed by atoms with Crippen molar-refractivity contribution in [1.29, 1.82) is 0 Å². The summed E-state index contributed by atoms with van der Waals surface area (Å²) in [7, 11) is -2.10. The van der Waals surface area contributed by atoms with E-state index >= 15 is 0 Å². The summed E-state index contributed by atoms with van der Waals surface area (Å²) in [6.45, 7) is 12.2. The molecule has 0 radical (unpaired) electrons. The van der Waals surface area contributed by atoms with Crippen LogP contribution in [0.4, 0.5) is 0 Å². The molecule has 8 heteroatoms. The number of terminal acetylenes is 1. The first kappa shape index (κ1) is 20.6. The van der Waals surface area contributed by atoms with Crippen molar-refractivity contribution in [3.05, 3.63) is 32.6 Å². The molecule has 2 heterocycles. The molecule has 0 aromatic carbocycles. The van der Waals surface area contributed by atoms with Crippen LogP contribution in [0.25, 0.3) is 0 Å². The van der Waals surface area contributed by atoms with E-state index in [-0.39, 0.29) is 18.1 Å². The Hall–Kier alpha value is -1.66. The summed E-state index contributed by atoms with van der Waals surface area (Å²) in [5.74, 6) is 2.53. The summed E-state index contributed by atoms with van der Waals surface area (Å²) in [4.78, 5) is 25.9. The third kappa shape index (κ3) is 3.71. The SMILES string of the molecule is C#C[C@]1(CO[Si](C)(C)C(C)(C)C)O[C@@H](n2cc(C)c(=O)[nH]c2=O)C[C@@H]1O. The second-order valence-electron chi connectivity index (χ2n) is 8.39. The van der Waals surface area contributed by atoms with Gasteiger partial charge < -0.3 is 14.3 Å². The number of rotatable bonds is 4. The standard InChI is InChI=1S/C18H28N2O5Si/c1-8-18(11-24-26(6,7)17(3,4)5)13(21)9-14(25-18)20-10-12(2)15(22)19-16(20)23/h1,10,13-14,21H,9,11H2,2-7H3,(H,19,22,23)/t13-,14+,18+/m0/s1. The topological polar surface area (TPSA) is 93.5 Å². The predicted octanol–water partition coefficient (Wildman–Crippen LogP) is 1.52. The van der Waals surface area contributed by atoms with E-state index in [1.54, 1.807) is 6.92 Å². The van der Waals surface area contributed by atoms with E-state index in [1.165, 1.54) is 10.8 Å². The average Bonchev–Trinajstić information content (AvgIpc) is 2.85. The molecule has 0 spiro atoms. The Kier molecular flexibility index (Phi) is 5.41. The first-order chi connectivity index (χ1) is 11.8.